The molecular formula is C9H8Cl2N4S. The van der Waals surface area contributed by atoms with Gasteiger partial charge in [0, 0.05) is 10.0 Å². The SMILES string of the molecule is NNC(c1cnns1)c1cc(Cl)ccc1Cl. The van der Waals surface area contributed by atoms with Crippen molar-refractivity contribution < 1.29 is 0 Å². The van der Waals surface area contributed by atoms with Crippen molar-refractivity contribution in [2.24, 2.45) is 5.84 Å². The number of nitrogens with zero attached hydrogens (tertiary/aromatic N) is 2. The molecule has 1 unspecified atom stereocenters. The van der Waals surface area contributed by atoms with Gasteiger partial charge in [-0.1, -0.05) is 27.7 Å². The Hall–Kier alpha value is -0.720. The predicted octanol–water partition coefficient (Wildman–Crippen LogP) is 2.40. The lowest BCUT2D eigenvalue weighted by Gasteiger charge is -2.15. The highest BCUT2D eigenvalue weighted by Crippen LogP contribution is 2.30. The van der Waals surface area contributed by atoms with Crippen molar-refractivity contribution in [2.45, 2.75) is 6.04 Å². The van der Waals surface area contributed by atoms with E-state index < -0.39 is 0 Å². The van der Waals surface area contributed by atoms with Crippen LogP contribution in [0.4, 0.5) is 0 Å². The Balaban J connectivity index is 2.44. The quantitative estimate of drug-likeness (QED) is 0.667. The molecule has 4 nitrogen and oxygen atoms in total. The molecule has 2 rings (SSSR count). The van der Waals surface area contributed by atoms with Crippen molar-refractivity contribution in [3.05, 3.63) is 44.9 Å². The van der Waals surface area contributed by atoms with Gasteiger partial charge in [-0.15, -0.1) is 5.10 Å². The van der Waals surface area contributed by atoms with Gasteiger partial charge in [-0.05, 0) is 35.3 Å². The molecule has 1 atom stereocenters. The molecule has 2 aromatic rings. The van der Waals surface area contributed by atoms with Crippen LogP contribution < -0.4 is 11.3 Å². The molecule has 1 heterocycles. The molecule has 0 aliphatic heterocycles. The first kappa shape index (κ1) is 11.8. The summed E-state index contributed by atoms with van der Waals surface area (Å²) in [5, 5.41) is 4.97. The second-order valence-electron chi connectivity index (χ2n) is 3.09. The standard InChI is InChI=1S/C9H8Cl2N4S/c10-5-1-2-7(11)6(3-5)9(14-12)8-4-13-15-16-8/h1-4,9,14H,12H2. The number of benzene rings is 1. The van der Waals surface area contributed by atoms with Crippen LogP contribution >= 0.6 is 34.7 Å². The molecule has 1 aromatic heterocycles. The van der Waals surface area contributed by atoms with E-state index in [0.29, 0.717) is 10.0 Å². The van der Waals surface area contributed by atoms with Crippen molar-refractivity contribution in [2.75, 3.05) is 0 Å². The number of aromatic nitrogens is 2. The van der Waals surface area contributed by atoms with Gasteiger partial charge in [0.1, 0.15) is 0 Å². The first-order valence-corrected chi connectivity index (χ1v) is 5.93. The van der Waals surface area contributed by atoms with Crippen molar-refractivity contribution in [1.82, 2.24) is 15.0 Å². The van der Waals surface area contributed by atoms with E-state index in [2.05, 4.69) is 15.0 Å². The minimum Gasteiger partial charge on any atom is -0.271 e. The van der Waals surface area contributed by atoms with Crippen LogP contribution in [0.3, 0.4) is 0 Å². The maximum atomic E-state index is 6.10. The maximum Gasteiger partial charge on any atom is 0.0849 e. The van der Waals surface area contributed by atoms with E-state index in [1.807, 2.05) is 0 Å². The van der Waals surface area contributed by atoms with Gasteiger partial charge in [-0.2, -0.15) is 0 Å². The van der Waals surface area contributed by atoms with E-state index in [9.17, 15) is 0 Å². The van der Waals surface area contributed by atoms with Gasteiger partial charge in [-0.3, -0.25) is 5.84 Å². The van der Waals surface area contributed by atoms with Gasteiger partial charge >= 0.3 is 0 Å². The summed E-state index contributed by atoms with van der Waals surface area (Å²) >= 11 is 13.3. The molecular weight excluding hydrogens is 267 g/mol. The lowest BCUT2D eigenvalue weighted by molar-refractivity contribution is 0.645. The van der Waals surface area contributed by atoms with Crippen LogP contribution in [-0.4, -0.2) is 9.59 Å². The molecule has 3 N–H and O–H groups in total. The van der Waals surface area contributed by atoms with Crippen molar-refractivity contribution >= 4 is 34.7 Å². The van der Waals surface area contributed by atoms with Crippen LogP contribution in [0, 0.1) is 0 Å². The molecule has 0 fully saturated rings. The maximum absolute atomic E-state index is 6.10. The van der Waals surface area contributed by atoms with Gasteiger partial charge < -0.3 is 0 Å². The molecule has 84 valence electrons. The number of nitrogens with two attached hydrogens (primary N) is 1. The summed E-state index contributed by atoms with van der Waals surface area (Å²) in [6.45, 7) is 0. The summed E-state index contributed by atoms with van der Waals surface area (Å²) in [6, 6.07) is 4.99. The molecule has 1 aromatic carbocycles. The second kappa shape index (κ2) is 5.07. The van der Waals surface area contributed by atoms with Crippen LogP contribution in [-0.2, 0) is 0 Å². The van der Waals surface area contributed by atoms with Gasteiger partial charge in [0.25, 0.3) is 0 Å². The van der Waals surface area contributed by atoms with E-state index in [4.69, 9.17) is 29.0 Å². The third-order valence-corrected chi connectivity index (χ3v) is 3.41. The normalized spacial score (nSPS) is 12.7. The van der Waals surface area contributed by atoms with Gasteiger partial charge in [0.2, 0.25) is 0 Å². The molecule has 16 heavy (non-hydrogen) atoms. The third-order valence-electron chi connectivity index (χ3n) is 2.10. The average molecular weight is 275 g/mol. The summed E-state index contributed by atoms with van der Waals surface area (Å²) in [5.74, 6) is 5.51. The Kier molecular flexibility index (Phi) is 3.73. The second-order valence-corrected chi connectivity index (χ2v) is 4.75. The van der Waals surface area contributed by atoms with E-state index in [1.54, 1.807) is 24.4 Å². The van der Waals surface area contributed by atoms with E-state index in [1.165, 1.54) is 11.5 Å². The molecule has 0 aliphatic carbocycles. The van der Waals surface area contributed by atoms with Crippen LogP contribution in [0.2, 0.25) is 10.0 Å². The zero-order valence-electron chi connectivity index (χ0n) is 8.02. The highest BCUT2D eigenvalue weighted by molar-refractivity contribution is 7.05. The van der Waals surface area contributed by atoms with Gasteiger partial charge in [0.05, 0.1) is 17.1 Å². The minimum absolute atomic E-state index is 0.244. The fourth-order valence-corrected chi connectivity index (χ4v) is 2.35. The molecule has 0 saturated heterocycles. The van der Waals surface area contributed by atoms with Crippen LogP contribution in [0.5, 0.6) is 0 Å². The number of hydrogen-bond donors (Lipinski definition) is 2. The Labute approximate surface area is 107 Å². The minimum atomic E-state index is -0.244. The first-order chi connectivity index (χ1) is 7.72. The Morgan fingerprint density at radius 2 is 2.19 bits per heavy atom. The molecule has 7 heteroatoms. The lowest BCUT2D eigenvalue weighted by Crippen LogP contribution is -2.28. The predicted molar refractivity (Wildman–Crippen MR) is 65.5 cm³/mol. The summed E-state index contributed by atoms with van der Waals surface area (Å²) < 4.78 is 3.79. The van der Waals surface area contributed by atoms with Crippen molar-refractivity contribution in [1.29, 1.82) is 0 Å². The van der Waals surface area contributed by atoms with Crippen LogP contribution in [0.25, 0.3) is 0 Å². The highest BCUT2D eigenvalue weighted by Gasteiger charge is 2.18. The smallest absolute Gasteiger partial charge is 0.0849 e. The van der Waals surface area contributed by atoms with Crippen LogP contribution in [0.15, 0.2) is 24.4 Å². The van der Waals surface area contributed by atoms with Gasteiger partial charge in [-0.25, -0.2) is 5.43 Å². The summed E-state index contributed by atoms with van der Waals surface area (Å²) in [6.07, 6.45) is 1.65. The Morgan fingerprint density at radius 3 is 2.81 bits per heavy atom. The molecule has 0 amide bonds. The number of nitrogens with one attached hydrogen (secondary N) is 1. The van der Waals surface area contributed by atoms with Crippen molar-refractivity contribution in [3.8, 4) is 0 Å². The average Bonchev–Trinajstić information content (AvgIpc) is 2.78. The molecule has 0 radical (unpaired) electrons. The summed E-state index contributed by atoms with van der Waals surface area (Å²) in [5.41, 5.74) is 3.48. The summed E-state index contributed by atoms with van der Waals surface area (Å²) in [4.78, 5) is 0.881. The van der Waals surface area contributed by atoms with Crippen LogP contribution in [0.1, 0.15) is 16.5 Å². The fraction of sp³-hybridized carbons (Fsp3) is 0.111. The van der Waals surface area contributed by atoms with Crippen molar-refractivity contribution in [3.63, 3.8) is 0 Å². The van der Waals surface area contributed by atoms with E-state index in [-0.39, 0.29) is 6.04 Å². The third kappa shape index (κ3) is 2.34. The van der Waals surface area contributed by atoms with Gasteiger partial charge in [0.15, 0.2) is 0 Å². The molecule has 0 bridgehead atoms. The lowest BCUT2D eigenvalue weighted by atomic mass is 10.1. The van der Waals surface area contributed by atoms with E-state index in [0.717, 1.165) is 10.4 Å². The Morgan fingerprint density at radius 1 is 1.38 bits per heavy atom. The largest absolute Gasteiger partial charge is 0.271 e. The first-order valence-electron chi connectivity index (χ1n) is 4.40. The zero-order valence-corrected chi connectivity index (χ0v) is 10.4. The Bertz CT molecular complexity index is 474. The molecule has 0 spiro atoms. The number of hydrogen-bond acceptors (Lipinski definition) is 5. The number of rotatable bonds is 3. The monoisotopic (exact) mass is 274 g/mol. The summed E-state index contributed by atoms with van der Waals surface area (Å²) in [7, 11) is 0. The fourth-order valence-electron chi connectivity index (χ4n) is 1.36. The molecule has 0 aliphatic rings. The molecule has 0 saturated carbocycles. The highest BCUT2D eigenvalue weighted by atomic mass is 35.5. The number of hydrazine groups is 1. The number of halogens is 2. The zero-order chi connectivity index (χ0) is 11.5. The topological polar surface area (TPSA) is 63.8 Å². The van der Waals surface area contributed by atoms with E-state index >= 15 is 0 Å².